The Morgan fingerprint density at radius 3 is 2.83 bits per heavy atom. The Morgan fingerprint density at radius 2 is 2.17 bits per heavy atom. The Hall–Kier alpha value is -0.350. The van der Waals surface area contributed by atoms with Gasteiger partial charge in [-0.1, -0.05) is 26.2 Å². The van der Waals surface area contributed by atoms with E-state index in [1.54, 1.807) is 0 Å². The second-order valence-corrected chi connectivity index (χ2v) is 6.16. The highest BCUT2D eigenvalue weighted by Gasteiger charge is 2.28. The molecule has 1 fully saturated rings. The predicted molar refractivity (Wildman–Crippen MR) is 78.8 cm³/mol. The van der Waals surface area contributed by atoms with E-state index in [1.807, 2.05) is 10.9 Å². The van der Waals surface area contributed by atoms with Crippen molar-refractivity contribution in [2.75, 3.05) is 6.54 Å². The summed E-state index contributed by atoms with van der Waals surface area (Å²) in [6.45, 7) is 3.36. The lowest BCUT2D eigenvalue weighted by Crippen LogP contribution is -2.35. The molecule has 18 heavy (non-hydrogen) atoms. The molecule has 2 rings (SSSR count). The molecule has 3 nitrogen and oxygen atoms in total. The summed E-state index contributed by atoms with van der Waals surface area (Å²) in [7, 11) is 2.06. The van der Waals surface area contributed by atoms with Crippen LogP contribution < -0.4 is 5.32 Å². The van der Waals surface area contributed by atoms with Crippen molar-refractivity contribution in [3.8, 4) is 0 Å². The number of hydrogen-bond acceptors (Lipinski definition) is 2. The van der Waals surface area contributed by atoms with Crippen LogP contribution >= 0.6 is 15.9 Å². The monoisotopic (exact) mass is 313 g/mol. The third-order valence-electron chi connectivity index (χ3n) is 3.96. The van der Waals surface area contributed by atoms with E-state index in [-0.39, 0.29) is 0 Å². The Balaban J connectivity index is 2.19. The lowest BCUT2D eigenvalue weighted by Gasteiger charge is -2.27. The maximum atomic E-state index is 4.38. The van der Waals surface area contributed by atoms with E-state index in [1.165, 1.54) is 48.7 Å². The summed E-state index contributed by atoms with van der Waals surface area (Å²) >= 11 is 3.66. The molecule has 1 heterocycles. The van der Waals surface area contributed by atoms with Crippen LogP contribution in [-0.2, 0) is 7.05 Å². The molecule has 1 saturated carbocycles. The predicted octanol–water partition coefficient (Wildman–Crippen LogP) is 3.60. The van der Waals surface area contributed by atoms with Crippen LogP contribution in [0.4, 0.5) is 0 Å². The van der Waals surface area contributed by atoms with Gasteiger partial charge in [-0.25, -0.2) is 0 Å². The zero-order valence-electron chi connectivity index (χ0n) is 11.5. The van der Waals surface area contributed by atoms with Crippen molar-refractivity contribution in [3.05, 3.63) is 16.4 Å². The van der Waals surface area contributed by atoms with E-state index in [9.17, 15) is 0 Å². The van der Waals surface area contributed by atoms with Gasteiger partial charge in [0, 0.05) is 19.0 Å². The number of halogens is 1. The van der Waals surface area contributed by atoms with Gasteiger partial charge in [-0.3, -0.25) is 4.68 Å². The van der Waals surface area contributed by atoms with Crippen LogP contribution in [0.2, 0.25) is 0 Å². The smallest absolute Gasteiger partial charge is 0.0635 e. The molecule has 2 unspecified atom stereocenters. The Kier molecular flexibility index (Phi) is 5.25. The maximum Gasteiger partial charge on any atom is 0.0635 e. The summed E-state index contributed by atoms with van der Waals surface area (Å²) in [5.74, 6) is 0.598. The van der Waals surface area contributed by atoms with Crippen LogP contribution in [-0.4, -0.2) is 22.4 Å². The van der Waals surface area contributed by atoms with Crippen molar-refractivity contribution in [1.82, 2.24) is 15.1 Å². The fraction of sp³-hybridized carbons (Fsp3) is 0.786. The Bertz CT molecular complexity index is 356. The second kappa shape index (κ2) is 6.71. The molecule has 1 aromatic rings. The zero-order chi connectivity index (χ0) is 13.0. The molecular weight excluding hydrogens is 290 g/mol. The molecule has 0 bridgehead atoms. The molecule has 1 aliphatic rings. The summed E-state index contributed by atoms with van der Waals surface area (Å²) in [4.78, 5) is 0. The summed E-state index contributed by atoms with van der Waals surface area (Å²) in [6, 6.07) is 0.610. The van der Waals surface area contributed by atoms with Crippen molar-refractivity contribution in [2.45, 2.75) is 57.4 Å². The van der Waals surface area contributed by atoms with Crippen LogP contribution in [0.15, 0.2) is 10.7 Å². The summed E-state index contributed by atoms with van der Waals surface area (Å²) in [5, 5.41) is 8.12. The summed E-state index contributed by atoms with van der Waals surface area (Å²) < 4.78 is 3.21. The van der Waals surface area contributed by atoms with E-state index in [4.69, 9.17) is 0 Å². The van der Waals surface area contributed by atoms with Crippen LogP contribution in [0, 0.1) is 0 Å². The summed E-state index contributed by atoms with van der Waals surface area (Å²) in [6.07, 6.45) is 9.77. The fourth-order valence-corrected chi connectivity index (χ4v) is 3.69. The van der Waals surface area contributed by atoms with Gasteiger partial charge in [0.05, 0.1) is 16.4 Å². The van der Waals surface area contributed by atoms with Gasteiger partial charge in [0.1, 0.15) is 0 Å². The Morgan fingerprint density at radius 1 is 1.39 bits per heavy atom. The topological polar surface area (TPSA) is 29.9 Å². The molecule has 0 aromatic carbocycles. The normalized spacial score (nSPS) is 25.1. The summed E-state index contributed by atoms with van der Waals surface area (Å²) in [5.41, 5.74) is 1.37. The largest absolute Gasteiger partial charge is 0.313 e. The first-order chi connectivity index (χ1) is 8.74. The highest BCUT2D eigenvalue weighted by Crippen LogP contribution is 2.35. The minimum atomic E-state index is 0.598. The molecule has 0 spiro atoms. The molecule has 2 atom stereocenters. The van der Waals surface area contributed by atoms with Crippen LogP contribution in [0.1, 0.15) is 57.1 Å². The SMILES string of the molecule is CCCNC1CCCCCC1c1c(Br)cnn1C. The van der Waals surface area contributed by atoms with E-state index in [0.717, 1.165) is 6.54 Å². The molecule has 4 heteroatoms. The van der Waals surface area contributed by atoms with Gasteiger partial charge in [-0.2, -0.15) is 5.10 Å². The minimum Gasteiger partial charge on any atom is -0.313 e. The third-order valence-corrected chi connectivity index (χ3v) is 4.57. The van der Waals surface area contributed by atoms with Crippen molar-refractivity contribution in [1.29, 1.82) is 0 Å². The van der Waals surface area contributed by atoms with Gasteiger partial charge in [-0.15, -0.1) is 0 Å². The molecule has 1 aliphatic carbocycles. The highest BCUT2D eigenvalue weighted by molar-refractivity contribution is 9.10. The maximum absolute atomic E-state index is 4.38. The first kappa shape index (κ1) is 14.1. The number of aryl methyl sites for hydroxylation is 1. The molecule has 102 valence electrons. The van der Waals surface area contributed by atoms with Crippen molar-refractivity contribution < 1.29 is 0 Å². The fourth-order valence-electron chi connectivity index (χ4n) is 3.05. The zero-order valence-corrected chi connectivity index (χ0v) is 13.0. The van der Waals surface area contributed by atoms with Crippen molar-refractivity contribution >= 4 is 15.9 Å². The van der Waals surface area contributed by atoms with Crippen LogP contribution in [0.5, 0.6) is 0 Å². The van der Waals surface area contributed by atoms with Crippen LogP contribution in [0.25, 0.3) is 0 Å². The molecule has 0 radical (unpaired) electrons. The van der Waals surface area contributed by atoms with Gasteiger partial charge in [0.25, 0.3) is 0 Å². The quantitative estimate of drug-likeness (QED) is 0.861. The standard InChI is InChI=1S/C14H24BrN3/c1-3-9-16-13-8-6-4-5-7-11(13)14-12(15)10-17-18(14)2/h10-11,13,16H,3-9H2,1-2H3. The van der Waals surface area contributed by atoms with Gasteiger partial charge in [0.15, 0.2) is 0 Å². The molecule has 0 amide bonds. The van der Waals surface area contributed by atoms with E-state index >= 15 is 0 Å². The van der Waals surface area contributed by atoms with Gasteiger partial charge >= 0.3 is 0 Å². The lowest BCUT2D eigenvalue weighted by molar-refractivity contribution is 0.394. The van der Waals surface area contributed by atoms with E-state index in [2.05, 4.69) is 40.3 Å². The number of nitrogens with zero attached hydrogens (tertiary/aromatic N) is 2. The average Bonchev–Trinajstić information content (AvgIpc) is 2.57. The second-order valence-electron chi connectivity index (χ2n) is 5.31. The van der Waals surface area contributed by atoms with E-state index < -0.39 is 0 Å². The first-order valence-electron chi connectivity index (χ1n) is 7.14. The van der Waals surface area contributed by atoms with Crippen molar-refractivity contribution in [2.24, 2.45) is 7.05 Å². The third kappa shape index (κ3) is 3.15. The highest BCUT2D eigenvalue weighted by atomic mass is 79.9. The van der Waals surface area contributed by atoms with Gasteiger partial charge < -0.3 is 5.32 Å². The van der Waals surface area contributed by atoms with Gasteiger partial charge in [0.2, 0.25) is 0 Å². The number of nitrogens with one attached hydrogen (secondary N) is 1. The Labute approximate surface area is 118 Å². The minimum absolute atomic E-state index is 0.598. The first-order valence-corrected chi connectivity index (χ1v) is 7.94. The van der Waals surface area contributed by atoms with Crippen molar-refractivity contribution in [3.63, 3.8) is 0 Å². The lowest BCUT2D eigenvalue weighted by atomic mass is 9.91. The molecule has 0 saturated heterocycles. The molecule has 1 aromatic heterocycles. The average molecular weight is 314 g/mol. The number of hydrogen-bond donors (Lipinski definition) is 1. The molecule has 1 N–H and O–H groups in total. The number of aromatic nitrogens is 2. The number of rotatable bonds is 4. The van der Waals surface area contributed by atoms with Crippen LogP contribution in [0.3, 0.4) is 0 Å². The van der Waals surface area contributed by atoms with E-state index in [0.29, 0.717) is 12.0 Å². The molecule has 0 aliphatic heterocycles. The molecular formula is C14H24BrN3. The van der Waals surface area contributed by atoms with Gasteiger partial charge in [-0.05, 0) is 41.7 Å².